The molecule has 2 N–H and O–H groups in total. The second-order valence-corrected chi connectivity index (χ2v) is 10.5. The van der Waals surface area contributed by atoms with Crippen molar-refractivity contribution in [3.8, 4) is 0 Å². The van der Waals surface area contributed by atoms with Gasteiger partial charge >= 0.3 is 0 Å². The molecule has 0 atom stereocenters. The number of hydrogen-bond acceptors (Lipinski definition) is 4. The third-order valence-corrected chi connectivity index (χ3v) is 7.59. The van der Waals surface area contributed by atoms with Crippen LogP contribution in [0.2, 0.25) is 0 Å². The van der Waals surface area contributed by atoms with Gasteiger partial charge in [0.05, 0.1) is 4.90 Å². The number of nitrogens with one attached hydrogen (secondary N) is 2. The SMILES string of the molecule is CNC(=O)c1ccc(CN(C(=O)c2ccc(NS(=O)(=O)c3cc(C)ccc3C)cc2)C2CC2)cc1. The standard InChI is InChI=1S/C27H29N3O4S/c1-18-4-5-19(2)25(16-18)35(33,34)29-23-12-10-22(11-13-23)27(32)30(24-14-15-24)17-20-6-8-21(9-7-20)26(31)28-3/h4-13,16,24,29H,14-15,17H2,1-3H3,(H,28,31). The zero-order chi connectivity index (χ0) is 25.2. The molecule has 0 radical (unpaired) electrons. The number of sulfonamides is 1. The molecule has 0 saturated heterocycles. The topological polar surface area (TPSA) is 95.6 Å². The van der Waals surface area contributed by atoms with E-state index in [2.05, 4.69) is 10.0 Å². The van der Waals surface area contributed by atoms with Gasteiger partial charge in [-0.2, -0.15) is 0 Å². The first kappa shape index (κ1) is 24.5. The summed E-state index contributed by atoms with van der Waals surface area (Å²) in [7, 11) is -2.16. The molecule has 8 heteroatoms. The van der Waals surface area contributed by atoms with E-state index in [4.69, 9.17) is 0 Å². The van der Waals surface area contributed by atoms with Crippen molar-refractivity contribution in [3.63, 3.8) is 0 Å². The number of hydrogen-bond donors (Lipinski definition) is 2. The molecule has 1 aliphatic rings. The zero-order valence-corrected chi connectivity index (χ0v) is 20.9. The maximum Gasteiger partial charge on any atom is 0.262 e. The molecule has 0 heterocycles. The van der Waals surface area contributed by atoms with Crippen LogP contribution in [-0.4, -0.2) is 38.2 Å². The summed E-state index contributed by atoms with van der Waals surface area (Å²) in [5, 5.41) is 2.60. The molecule has 1 aliphatic carbocycles. The van der Waals surface area contributed by atoms with E-state index >= 15 is 0 Å². The van der Waals surface area contributed by atoms with Gasteiger partial charge in [0.15, 0.2) is 0 Å². The summed E-state index contributed by atoms with van der Waals surface area (Å²) in [5.74, 6) is -0.258. The van der Waals surface area contributed by atoms with E-state index < -0.39 is 10.0 Å². The van der Waals surface area contributed by atoms with Crippen molar-refractivity contribution in [1.82, 2.24) is 10.2 Å². The van der Waals surface area contributed by atoms with Crippen molar-refractivity contribution >= 4 is 27.5 Å². The molecule has 4 rings (SSSR count). The molecule has 3 aromatic carbocycles. The Morgan fingerprint density at radius 2 is 1.54 bits per heavy atom. The van der Waals surface area contributed by atoms with Crippen LogP contribution in [-0.2, 0) is 16.6 Å². The van der Waals surface area contributed by atoms with Gasteiger partial charge < -0.3 is 10.2 Å². The predicted molar refractivity (Wildman–Crippen MR) is 136 cm³/mol. The molecule has 0 aromatic heterocycles. The van der Waals surface area contributed by atoms with Crippen LogP contribution < -0.4 is 10.0 Å². The van der Waals surface area contributed by atoms with E-state index in [1.807, 2.05) is 30.0 Å². The van der Waals surface area contributed by atoms with Gasteiger partial charge in [-0.3, -0.25) is 14.3 Å². The van der Waals surface area contributed by atoms with Gasteiger partial charge in [-0.1, -0.05) is 24.3 Å². The summed E-state index contributed by atoms with van der Waals surface area (Å²) in [4.78, 5) is 27.1. The predicted octanol–water partition coefficient (Wildman–Crippen LogP) is 4.27. The number of rotatable bonds is 8. The minimum atomic E-state index is -3.75. The number of benzene rings is 3. The van der Waals surface area contributed by atoms with E-state index in [-0.39, 0.29) is 22.8 Å². The van der Waals surface area contributed by atoms with Gasteiger partial charge in [0.2, 0.25) is 0 Å². The normalized spacial score (nSPS) is 13.2. The Morgan fingerprint density at radius 3 is 2.14 bits per heavy atom. The molecule has 0 unspecified atom stereocenters. The molecule has 1 saturated carbocycles. The van der Waals surface area contributed by atoms with Crippen molar-refractivity contribution in [2.45, 2.75) is 44.2 Å². The van der Waals surface area contributed by atoms with Gasteiger partial charge in [0.1, 0.15) is 0 Å². The molecule has 7 nitrogen and oxygen atoms in total. The average Bonchev–Trinajstić information content (AvgIpc) is 3.69. The van der Waals surface area contributed by atoms with Crippen LogP contribution in [0.3, 0.4) is 0 Å². The highest BCUT2D eigenvalue weighted by atomic mass is 32.2. The third kappa shape index (κ3) is 5.71. The maximum absolute atomic E-state index is 13.3. The number of anilines is 1. The van der Waals surface area contributed by atoms with Gasteiger partial charge in [-0.25, -0.2) is 8.42 Å². The summed E-state index contributed by atoms with van der Waals surface area (Å²) >= 11 is 0. The summed E-state index contributed by atoms with van der Waals surface area (Å²) in [6.07, 6.45) is 1.91. The lowest BCUT2D eigenvalue weighted by atomic mass is 10.1. The largest absolute Gasteiger partial charge is 0.355 e. The van der Waals surface area contributed by atoms with Crippen LogP contribution >= 0.6 is 0 Å². The fraction of sp³-hybridized carbons (Fsp3) is 0.259. The molecule has 0 spiro atoms. The first-order valence-electron chi connectivity index (χ1n) is 11.5. The van der Waals surface area contributed by atoms with Gasteiger partial charge in [-0.15, -0.1) is 0 Å². The Bertz CT molecular complexity index is 1350. The van der Waals surface area contributed by atoms with Gasteiger partial charge in [0.25, 0.3) is 21.8 Å². The van der Waals surface area contributed by atoms with Crippen molar-refractivity contribution in [2.24, 2.45) is 0 Å². The number of nitrogens with zero attached hydrogens (tertiary/aromatic N) is 1. The Morgan fingerprint density at radius 1 is 0.914 bits per heavy atom. The number of carbonyl (C=O) groups excluding carboxylic acids is 2. The maximum atomic E-state index is 13.3. The summed E-state index contributed by atoms with van der Waals surface area (Å²) in [6, 6.07) is 19.2. The van der Waals surface area contributed by atoms with Gasteiger partial charge in [0, 0.05) is 36.4 Å². The Hall–Kier alpha value is -3.65. The average molecular weight is 492 g/mol. The minimum Gasteiger partial charge on any atom is -0.355 e. The molecule has 3 aromatic rings. The Balaban J connectivity index is 1.48. The number of amides is 2. The van der Waals surface area contributed by atoms with Crippen LogP contribution in [0.15, 0.2) is 71.6 Å². The fourth-order valence-electron chi connectivity index (χ4n) is 3.91. The summed E-state index contributed by atoms with van der Waals surface area (Å²) in [6.45, 7) is 4.05. The lowest BCUT2D eigenvalue weighted by Crippen LogP contribution is -2.32. The summed E-state index contributed by atoms with van der Waals surface area (Å²) < 4.78 is 28.4. The van der Waals surface area contributed by atoms with E-state index in [1.165, 1.54) is 0 Å². The van der Waals surface area contributed by atoms with E-state index in [0.29, 0.717) is 28.9 Å². The molecule has 0 aliphatic heterocycles. The zero-order valence-electron chi connectivity index (χ0n) is 20.0. The highest BCUT2D eigenvalue weighted by Crippen LogP contribution is 2.30. The minimum absolute atomic E-state index is 0.105. The van der Waals surface area contributed by atoms with Crippen LogP contribution in [0, 0.1) is 13.8 Å². The highest BCUT2D eigenvalue weighted by Gasteiger charge is 2.33. The smallest absolute Gasteiger partial charge is 0.262 e. The van der Waals surface area contributed by atoms with Crippen LogP contribution in [0.25, 0.3) is 0 Å². The van der Waals surface area contributed by atoms with Crippen LogP contribution in [0.5, 0.6) is 0 Å². The van der Waals surface area contributed by atoms with Crippen molar-refractivity contribution < 1.29 is 18.0 Å². The lowest BCUT2D eigenvalue weighted by Gasteiger charge is -2.23. The van der Waals surface area contributed by atoms with E-state index in [0.717, 1.165) is 24.0 Å². The Kier molecular flexibility index (Phi) is 6.93. The van der Waals surface area contributed by atoms with Crippen LogP contribution in [0.4, 0.5) is 5.69 Å². The molecular weight excluding hydrogens is 462 g/mol. The monoisotopic (exact) mass is 491 g/mol. The number of aryl methyl sites for hydroxylation is 2. The van der Waals surface area contributed by atoms with E-state index in [9.17, 15) is 18.0 Å². The highest BCUT2D eigenvalue weighted by molar-refractivity contribution is 7.92. The van der Waals surface area contributed by atoms with Crippen molar-refractivity contribution in [3.05, 3.63) is 94.5 Å². The summed E-state index contributed by atoms with van der Waals surface area (Å²) in [5.41, 5.74) is 3.92. The fourth-order valence-corrected chi connectivity index (χ4v) is 5.30. The first-order chi connectivity index (χ1) is 16.7. The lowest BCUT2D eigenvalue weighted by molar-refractivity contribution is 0.0729. The third-order valence-electron chi connectivity index (χ3n) is 6.06. The van der Waals surface area contributed by atoms with Crippen molar-refractivity contribution in [1.29, 1.82) is 0 Å². The molecule has 0 bridgehead atoms. The van der Waals surface area contributed by atoms with E-state index in [1.54, 1.807) is 62.5 Å². The second kappa shape index (κ2) is 9.92. The molecule has 2 amide bonds. The van der Waals surface area contributed by atoms with Gasteiger partial charge in [-0.05, 0) is 85.8 Å². The molecule has 35 heavy (non-hydrogen) atoms. The molecule has 182 valence electrons. The van der Waals surface area contributed by atoms with Crippen LogP contribution in [0.1, 0.15) is 50.2 Å². The Labute approximate surface area is 206 Å². The van der Waals surface area contributed by atoms with Crippen molar-refractivity contribution in [2.75, 3.05) is 11.8 Å². The molecule has 1 fully saturated rings. The molecular formula is C27H29N3O4S. The quantitative estimate of drug-likeness (QED) is 0.492. The number of carbonyl (C=O) groups is 2. The first-order valence-corrected chi connectivity index (χ1v) is 13.0. The second-order valence-electron chi connectivity index (χ2n) is 8.89.